The van der Waals surface area contributed by atoms with Gasteiger partial charge < -0.3 is 5.73 Å². The van der Waals surface area contributed by atoms with Gasteiger partial charge in [-0.2, -0.15) is 0 Å². The Bertz CT molecular complexity index is 833. The summed E-state index contributed by atoms with van der Waals surface area (Å²) >= 11 is 5.96. The smallest absolute Gasteiger partial charge is 0.267 e. The van der Waals surface area contributed by atoms with Crippen LogP contribution in [-0.2, 0) is 6.42 Å². The fourth-order valence-corrected chi connectivity index (χ4v) is 2.45. The van der Waals surface area contributed by atoms with E-state index >= 15 is 0 Å². The van der Waals surface area contributed by atoms with Gasteiger partial charge in [0, 0.05) is 17.8 Å². The van der Waals surface area contributed by atoms with Crippen molar-refractivity contribution >= 4 is 28.4 Å². The molecule has 2 heterocycles. The van der Waals surface area contributed by atoms with Crippen molar-refractivity contribution in [3.63, 3.8) is 0 Å². The van der Waals surface area contributed by atoms with Crippen LogP contribution in [0.4, 0.5) is 0 Å². The predicted octanol–water partition coefficient (Wildman–Crippen LogP) is 2.97. The van der Waals surface area contributed by atoms with Crippen molar-refractivity contribution in [2.45, 2.75) is 6.42 Å². The van der Waals surface area contributed by atoms with Crippen LogP contribution in [0, 0.1) is 0 Å². The molecule has 2 aromatic heterocycles. The summed E-state index contributed by atoms with van der Waals surface area (Å²) in [5.41, 5.74) is 8.38. The quantitative estimate of drug-likeness (QED) is 0.808. The summed E-state index contributed by atoms with van der Waals surface area (Å²) in [6.45, 7) is 0. The Morgan fingerprint density at radius 1 is 1.19 bits per heavy atom. The lowest BCUT2D eigenvalue weighted by molar-refractivity contribution is 0.0994. The topological polar surface area (TPSA) is 68.9 Å². The fourth-order valence-electron chi connectivity index (χ4n) is 2.29. The molecule has 0 saturated carbocycles. The molecule has 0 aliphatic carbocycles. The third-order valence-corrected chi connectivity index (χ3v) is 3.44. The molecule has 0 aliphatic heterocycles. The Balaban J connectivity index is 2.00. The minimum Gasteiger partial charge on any atom is -0.364 e. The van der Waals surface area contributed by atoms with Crippen LogP contribution in [0.25, 0.3) is 10.9 Å². The van der Waals surface area contributed by atoms with Crippen molar-refractivity contribution < 1.29 is 4.79 Å². The molecule has 0 radical (unpaired) electrons. The van der Waals surface area contributed by atoms with Gasteiger partial charge in [0.25, 0.3) is 5.91 Å². The van der Waals surface area contributed by atoms with Gasteiger partial charge in [0.05, 0.1) is 10.5 Å². The van der Waals surface area contributed by atoms with Gasteiger partial charge in [-0.3, -0.25) is 14.8 Å². The van der Waals surface area contributed by atoms with Gasteiger partial charge in [-0.05, 0) is 41.8 Å². The van der Waals surface area contributed by atoms with Crippen molar-refractivity contribution in [1.29, 1.82) is 0 Å². The highest BCUT2D eigenvalue weighted by Crippen LogP contribution is 2.20. The van der Waals surface area contributed by atoms with E-state index < -0.39 is 5.91 Å². The number of carbonyl (C=O) groups excluding carboxylic acids is 1. The molecule has 3 aromatic rings. The minimum absolute atomic E-state index is 0.307. The first-order valence-electron chi connectivity index (χ1n) is 6.41. The molecule has 1 amide bonds. The molecule has 0 bridgehead atoms. The van der Waals surface area contributed by atoms with Gasteiger partial charge in [0.15, 0.2) is 0 Å². The predicted molar refractivity (Wildman–Crippen MR) is 82.3 cm³/mol. The van der Waals surface area contributed by atoms with E-state index in [1.54, 1.807) is 18.5 Å². The monoisotopic (exact) mass is 297 g/mol. The fraction of sp³-hybridized carbons (Fsp3) is 0.0625. The van der Waals surface area contributed by atoms with Gasteiger partial charge in [-0.15, -0.1) is 0 Å². The van der Waals surface area contributed by atoms with Crippen molar-refractivity contribution in [3.8, 4) is 0 Å². The zero-order chi connectivity index (χ0) is 14.8. The van der Waals surface area contributed by atoms with Crippen LogP contribution in [0.15, 0.2) is 48.8 Å². The van der Waals surface area contributed by atoms with Crippen LogP contribution >= 0.6 is 11.6 Å². The summed E-state index contributed by atoms with van der Waals surface area (Å²) in [4.78, 5) is 19.7. The molecule has 104 valence electrons. The first-order chi connectivity index (χ1) is 10.1. The first-order valence-corrected chi connectivity index (χ1v) is 6.79. The lowest BCUT2D eigenvalue weighted by atomic mass is 10.0. The zero-order valence-corrected chi connectivity index (χ0v) is 11.8. The summed E-state index contributed by atoms with van der Waals surface area (Å²) in [6, 6.07) is 11.4. The molecule has 21 heavy (non-hydrogen) atoms. The van der Waals surface area contributed by atoms with Crippen LogP contribution in [-0.4, -0.2) is 15.9 Å². The molecule has 0 aliphatic rings. The van der Waals surface area contributed by atoms with E-state index in [4.69, 9.17) is 17.3 Å². The summed E-state index contributed by atoms with van der Waals surface area (Å²) < 4.78 is 0. The van der Waals surface area contributed by atoms with Crippen molar-refractivity contribution in [2.24, 2.45) is 5.73 Å². The molecule has 1 aromatic carbocycles. The average Bonchev–Trinajstić information content (AvgIpc) is 2.47. The van der Waals surface area contributed by atoms with E-state index in [1.165, 1.54) is 0 Å². The third kappa shape index (κ3) is 2.85. The number of nitrogens with zero attached hydrogens (tertiary/aromatic N) is 2. The Labute approximate surface area is 126 Å². The average molecular weight is 298 g/mol. The van der Waals surface area contributed by atoms with Crippen molar-refractivity contribution in [3.05, 3.63) is 70.6 Å². The molecule has 0 saturated heterocycles. The molecule has 4 nitrogen and oxygen atoms in total. The lowest BCUT2D eigenvalue weighted by Crippen LogP contribution is -2.15. The van der Waals surface area contributed by atoms with Gasteiger partial charge in [-0.1, -0.05) is 23.7 Å². The van der Waals surface area contributed by atoms with Crippen molar-refractivity contribution in [2.75, 3.05) is 0 Å². The van der Waals surface area contributed by atoms with E-state index in [0.29, 0.717) is 17.1 Å². The second-order valence-corrected chi connectivity index (χ2v) is 5.17. The van der Waals surface area contributed by atoms with E-state index in [0.717, 1.165) is 22.0 Å². The van der Waals surface area contributed by atoms with Crippen LogP contribution in [0.1, 0.15) is 21.6 Å². The molecular weight excluding hydrogens is 286 g/mol. The Kier molecular flexibility index (Phi) is 3.54. The second kappa shape index (κ2) is 5.50. The van der Waals surface area contributed by atoms with E-state index in [9.17, 15) is 4.79 Å². The number of nitrogens with two attached hydrogens (primary N) is 1. The number of rotatable bonds is 3. The molecule has 2 N–H and O–H groups in total. The highest BCUT2D eigenvalue weighted by Gasteiger charge is 2.10. The van der Waals surface area contributed by atoms with Gasteiger partial charge >= 0.3 is 0 Å². The minimum atomic E-state index is -0.517. The maximum Gasteiger partial charge on any atom is 0.267 e. The number of aromatic nitrogens is 2. The number of carbonyl (C=O) groups is 1. The number of benzene rings is 1. The van der Waals surface area contributed by atoms with E-state index in [1.807, 2.05) is 30.3 Å². The molecule has 3 rings (SSSR count). The van der Waals surface area contributed by atoms with Gasteiger partial charge in [0.1, 0.15) is 5.69 Å². The molecule has 0 fully saturated rings. The zero-order valence-electron chi connectivity index (χ0n) is 11.1. The highest BCUT2D eigenvalue weighted by atomic mass is 35.5. The molecule has 0 spiro atoms. The number of pyridine rings is 2. The van der Waals surface area contributed by atoms with Crippen LogP contribution in [0.2, 0.25) is 5.02 Å². The third-order valence-electron chi connectivity index (χ3n) is 3.23. The number of primary amides is 1. The molecule has 0 atom stereocenters. The van der Waals surface area contributed by atoms with Crippen LogP contribution in [0.3, 0.4) is 0 Å². The maximum atomic E-state index is 11.4. The van der Waals surface area contributed by atoms with Crippen LogP contribution in [0.5, 0.6) is 0 Å². The largest absolute Gasteiger partial charge is 0.364 e. The normalized spacial score (nSPS) is 10.7. The Hall–Kier alpha value is -2.46. The summed E-state index contributed by atoms with van der Waals surface area (Å²) in [7, 11) is 0. The first kappa shape index (κ1) is 13.5. The number of halogens is 1. The maximum absolute atomic E-state index is 11.4. The summed E-state index contributed by atoms with van der Waals surface area (Å²) in [5.74, 6) is -0.517. The number of fused-ring (bicyclic) bond motifs is 1. The Morgan fingerprint density at radius 2 is 2.05 bits per heavy atom. The number of hydrogen-bond acceptors (Lipinski definition) is 3. The lowest BCUT2D eigenvalue weighted by Gasteiger charge is -2.07. The van der Waals surface area contributed by atoms with E-state index in [-0.39, 0.29) is 0 Å². The van der Waals surface area contributed by atoms with Crippen molar-refractivity contribution in [1.82, 2.24) is 9.97 Å². The SMILES string of the molecule is NC(=O)c1ncccc1Cc1ccc2ncc(Cl)cc2c1. The summed E-state index contributed by atoms with van der Waals surface area (Å²) in [5, 5.41) is 1.56. The number of hydrogen-bond donors (Lipinski definition) is 1. The molecular formula is C16H12ClN3O. The Morgan fingerprint density at radius 3 is 2.86 bits per heavy atom. The van der Waals surface area contributed by atoms with Gasteiger partial charge in [-0.25, -0.2) is 0 Å². The van der Waals surface area contributed by atoms with E-state index in [2.05, 4.69) is 9.97 Å². The standard InChI is InChI=1S/C16H12ClN3O/c17-13-8-12-7-10(3-4-14(12)20-9-13)6-11-2-1-5-19-15(11)16(18)21/h1-5,7-9H,6H2,(H2,18,21). The molecule has 0 unspecified atom stereocenters. The van der Waals surface area contributed by atoms with Crippen LogP contribution < -0.4 is 5.73 Å². The summed E-state index contributed by atoms with van der Waals surface area (Å²) in [6.07, 6.45) is 3.76. The second-order valence-electron chi connectivity index (χ2n) is 4.73. The van der Waals surface area contributed by atoms with Gasteiger partial charge in [0.2, 0.25) is 0 Å². The highest BCUT2D eigenvalue weighted by molar-refractivity contribution is 6.31. The number of amides is 1. The molecule has 5 heteroatoms.